The summed E-state index contributed by atoms with van der Waals surface area (Å²) in [5.41, 5.74) is 1.01. The third-order valence-corrected chi connectivity index (χ3v) is 5.98. The molecular formula is C16H24N2O4S. The summed E-state index contributed by atoms with van der Waals surface area (Å²) < 4.78 is 30.9. The minimum atomic E-state index is -3.56. The van der Waals surface area contributed by atoms with Crippen LogP contribution in [0.1, 0.15) is 18.9 Å². The van der Waals surface area contributed by atoms with E-state index in [0.717, 1.165) is 18.5 Å². The zero-order valence-electron chi connectivity index (χ0n) is 13.6. The second-order valence-corrected chi connectivity index (χ2v) is 7.75. The van der Waals surface area contributed by atoms with E-state index in [9.17, 15) is 13.2 Å². The Kier molecular flexibility index (Phi) is 6.15. The summed E-state index contributed by atoms with van der Waals surface area (Å²) in [7, 11) is -3.56. The highest BCUT2D eigenvalue weighted by Crippen LogP contribution is 2.21. The first-order valence-electron chi connectivity index (χ1n) is 7.86. The fourth-order valence-corrected chi connectivity index (χ4v) is 4.39. The van der Waals surface area contributed by atoms with Crippen LogP contribution in [0.3, 0.4) is 0 Å². The Morgan fingerprint density at radius 3 is 2.70 bits per heavy atom. The maximum Gasteiger partial charge on any atom is 0.320 e. The van der Waals surface area contributed by atoms with Crippen molar-refractivity contribution < 1.29 is 17.9 Å². The van der Waals surface area contributed by atoms with Crippen molar-refractivity contribution in [1.82, 2.24) is 10.2 Å². The summed E-state index contributed by atoms with van der Waals surface area (Å²) in [5.74, 6) is -0.390. The van der Waals surface area contributed by atoms with Crippen LogP contribution < -0.4 is 5.32 Å². The lowest BCUT2D eigenvalue weighted by Gasteiger charge is -2.28. The number of benzene rings is 1. The van der Waals surface area contributed by atoms with E-state index in [1.807, 2.05) is 6.92 Å². The first-order valence-corrected chi connectivity index (χ1v) is 9.40. The average Bonchev–Trinajstić information content (AvgIpc) is 2.74. The highest BCUT2D eigenvalue weighted by molar-refractivity contribution is 7.92. The van der Waals surface area contributed by atoms with Crippen LogP contribution in [0.15, 0.2) is 29.2 Å². The summed E-state index contributed by atoms with van der Waals surface area (Å²) in [5, 5.41) is 2.38. The zero-order valence-corrected chi connectivity index (χ0v) is 14.4. The van der Waals surface area contributed by atoms with E-state index < -0.39 is 21.2 Å². The highest BCUT2D eigenvalue weighted by Gasteiger charge is 2.35. The summed E-state index contributed by atoms with van der Waals surface area (Å²) in [6.07, 6.45) is 0.791. The molecule has 0 bridgehead atoms. The van der Waals surface area contributed by atoms with E-state index in [0.29, 0.717) is 19.7 Å². The lowest BCUT2D eigenvalue weighted by Crippen LogP contribution is -2.47. The van der Waals surface area contributed by atoms with Crippen LogP contribution in [0.5, 0.6) is 0 Å². The van der Waals surface area contributed by atoms with Crippen molar-refractivity contribution in [3.8, 4) is 0 Å². The number of nitrogens with zero attached hydrogens (tertiary/aromatic N) is 1. The molecule has 1 fully saturated rings. The van der Waals surface area contributed by atoms with Gasteiger partial charge in [0.2, 0.25) is 0 Å². The fourth-order valence-electron chi connectivity index (χ4n) is 2.65. The van der Waals surface area contributed by atoms with Gasteiger partial charge in [-0.15, -0.1) is 0 Å². The van der Waals surface area contributed by atoms with Gasteiger partial charge >= 0.3 is 5.97 Å². The first-order chi connectivity index (χ1) is 10.9. The minimum absolute atomic E-state index is 0.00865. The molecule has 1 N–H and O–H groups in total. The summed E-state index contributed by atoms with van der Waals surface area (Å²) >= 11 is 0. The second-order valence-electron chi connectivity index (χ2n) is 5.65. The summed E-state index contributed by atoms with van der Waals surface area (Å²) in [4.78, 5) is 13.8. The SMILES string of the molecule is CCOC(=O)CN1CCCNCC1S(=O)(=O)c1ccc(C)cc1. The van der Waals surface area contributed by atoms with Crippen molar-refractivity contribution in [3.05, 3.63) is 29.8 Å². The van der Waals surface area contributed by atoms with Gasteiger partial charge in [-0.1, -0.05) is 17.7 Å². The van der Waals surface area contributed by atoms with Crippen molar-refractivity contribution in [1.29, 1.82) is 0 Å². The maximum atomic E-state index is 13.0. The largest absolute Gasteiger partial charge is 0.465 e. The molecule has 0 aliphatic carbocycles. The molecule has 2 rings (SSSR count). The Labute approximate surface area is 137 Å². The van der Waals surface area contributed by atoms with Crippen LogP contribution in [0, 0.1) is 6.92 Å². The van der Waals surface area contributed by atoms with Crippen molar-refractivity contribution in [2.45, 2.75) is 30.5 Å². The molecule has 128 valence electrons. The van der Waals surface area contributed by atoms with E-state index in [1.165, 1.54) is 0 Å². The molecule has 0 radical (unpaired) electrons. The number of aryl methyl sites for hydroxylation is 1. The van der Waals surface area contributed by atoms with Crippen molar-refractivity contribution >= 4 is 15.8 Å². The smallest absolute Gasteiger partial charge is 0.320 e. The van der Waals surface area contributed by atoms with E-state index in [2.05, 4.69) is 5.32 Å². The predicted octanol–water partition coefficient (Wildman–Crippen LogP) is 0.953. The number of rotatable bonds is 5. The van der Waals surface area contributed by atoms with Crippen LogP contribution in [-0.4, -0.2) is 57.4 Å². The number of carbonyl (C=O) groups excluding carboxylic acids is 1. The lowest BCUT2D eigenvalue weighted by molar-refractivity contribution is -0.144. The third-order valence-electron chi connectivity index (χ3n) is 3.87. The van der Waals surface area contributed by atoms with E-state index in [1.54, 1.807) is 36.1 Å². The predicted molar refractivity (Wildman–Crippen MR) is 87.8 cm³/mol. The molecule has 1 atom stereocenters. The van der Waals surface area contributed by atoms with Gasteiger partial charge in [-0.05, 0) is 38.9 Å². The number of sulfone groups is 1. The van der Waals surface area contributed by atoms with E-state index in [4.69, 9.17) is 4.74 Å². The Morgan fingerprint density at radius 1 is 1.35 bits per heavy atom. The average molecular weight is 340 g/mol. The molecule has 1 aromatic rings. The van der Waals surface area contributed by atoms with Gasteiger partial charge in [0.05, 0.1) is 18.0 Å². The molecule has 0 aromatic heterocycles. The molecule has 1 aromatic carbocycles. The van der Waals surface area contributed by atoms with Crippen LogP contribution in [0.4, 0.5) is 0 Å². The third kappa shape index (κ3) is 4.53. The normalized spacial score (nSPS) is 20.0. The molecule has 1 saturated heterocycles. The molecule has 7 heteroatoms. The lowest BCUT2D eigenvalue weighted by atomic mass is 10.2. The molecule has 0 spiro atoms. The molecule has 23 heavy (non-hydrogen) atoms. The van der Waals surface area contributed by atoms with Crippen LogP contribution >= 0.6 is 0 Å². The minimum Gasteiger partial charge on any atom is -0.465 e. The van der Waals surface area contributed by atoms with Gasteiger partial charge < -0.3 is 10.1 Å². The number of nitrogens with one attached hydrogen (secondary N) is 1. The number of ether oxygens (including phenoxy) is 1. The van der Waals surface area contributed by atoms with Gasteiger partial charge in [-0.3, -0.25) is 9.69 Å². The topological polar surface area (TPSA) is 75.7 Å². The van der Waals surface area contributed by atoms with Gasteiger partial charge in [0.25, 0.3) is 0 Å². The number of hydrogen-bond acceptors (Lipinski definition) is 6. The van der Waals surface area contributed by atoms with Crippen LogP contribution in [-0.2, 0) is 19.4 Å². The Balaban J connectivity index is 2.26. The quantitative estimate of drug-likeness (QED) is 0.805. The molecule has 1 unspecified atom stereocenters. The van der Waals surface area contributed by atoms with Gasteiger partial charge in [0.15, 0.2) is 9.84 Å². The van der Waals surface area contributed by atoms with Crippen molar-refractivity contribution in [2.24, 2.45) is 0 Å². The number of esters is 1. The second kappa shape index (κ2) is 7.90. The molecule has 1 aliphatic heterocycles. The standard InChI is InChI=1S/C16H24N2O4S/c1-3-22-16(19)12-18-10-4-9-17-11-15(18)23(20,21)14-7-5-13(2)6-8-14/h5-8,15,17H,3-4,9-12H2,1-2H3. The molecule has 1 heterocycles. The Hall–Kier alpha value is -1.44. The van der Waals surface area contributed by atoms with E-state index in [-0.39, 0.29) is 11.4 Å². The Morgan fingerprint density at radius 2 is 2.04 bits per heavy atom. The Bertz CT molecular complexity index is 628. The zero-order chi connectivity index (χ0) is 16.9. The summed E-state index contributed by atoms with van der Waals surface area (Å²) in [6, 6.07) is 6.82. The van der Waals surface area contributed by atoms with Gasteiger partial charge in [0.1, 0.15) is 5.37 Å². The van der Waals surface area contributed by atoms with Crippen molar-refractivity contribution in [3.63, 3.8) is 0 Å². The van der Waals surface area contributed by atoms with Crippen LogP contribution in [0.2, 0.25) is 0 Å². The van der Waals surface area contributed by atoms with Crippen LogP contribution in [0.25, 0.3) is 0 Å². The molecule has 1 aliphatic rings. The van der Waals surface area contributed by atoms with E-state index >= 15 is 0 Å². The molecule has 0 amide bonds. The number of carbonyl (C=O) groups is 1. The fraction of sp³-hybridized carbons (Fsp3) is 0.562. The van der Waals surface area contributed by atoms with Gasteiger partial charge in [-0.2, -0.15) is 0 Å². The highest BCUT2D eigenvalue weighted by atomic mass is 32.2. The monoisotopic (exact) mass is 340 g/mol. The van der Waals surface area contributed by atoms with Crippen molar-refractivity contribution in [2.75, 3.05) is 32.8 Å². The molecule has 0 saturated carbocycles. The summed E-state index contributed by atoms with van der Waals surface area (Å²) in [6.45, 7) is 5.51. The maximum absolute atomic E-state index is 13.0. The van der Waals surface area contributed by atoms with Gasteiger partial charge in [0, 0.05) is 13.1 Å². The number of hydrogen-bond donors (Lipinski definition) is 1. The van der Waals surface area contributed by atoms with Gasteiger partial charge in [-0.25, -0.2) is 8.42 Å². The molecular weight excluding hydrogens is 316 g/mol. The first kappa shape index (κ1) is 17.9. The molecule has 6 nitrogen and oxygen atoms in total.